The Hall–Kier alpha value is -1.29. The largest absolute Gasteiger partial charge is 0.319 e. The highest BCUT2D eigenvalue weighted by Gasteiger charge is 2.08. The molecule has 0 saturated carbocycles. The SMILES string of the molecule is CNCCC(=O)Cc1cc(F)ccc1F. The highest BCUT2D eigenvalue weighted by atomic mass is 19.1. The van der Waals surface area contributed by atoms with Crippen molar-refractivity contribution in [2.75, 3.05) is 13.6 Å². The second-order valence-electron chi connectivity index (χ2n) is 3.30. The summed E-state index contributed by atoms with van der Waals surface area (Å²) in [5, 5.41) is 2.82. The van der Waals surface area contributed by atoms with E-state index in [0.29, 0.717) is 13.0 Å². The number of benzene rings is 1. The number of hydrogen-bond acceptors (Lipinski definition) is 2. The standard InChI is InChI=1S/C11H13F2NO/c1-14-5-4-10(15)7-8-6-9(12)2-3-11(8)13/h2-3,6,14H,4-5,7H2,1H3. The fourth-order valence-corrected chi connectivity index (χ4v) is 1.24. The smallest absolute Gasteiger partial charge is 0.138 e. The number of nitrogens with one attached hydrogen (secondary N) is 1. The van der Waals surface area contributed by atoms with Crippen molar-refractivity contribution in [3.05, 3.63) is 35.4 Å². The van der Waals surface area contributed by atoms with Crippen molar-refractivity contribution in [2.24, 2.45) is 0 Å². The van der Waals surface area contributed by atoms with E-state index in [-0.39, 0.29) is 17.8 Å². The summed E-state index contributed by atoms with van der Waals surface area (Å²) in [5.74, 6) is -1.16. The summed E-state index contributed by atoms with van der Waals surface area (Å²) in [6, 6.07) is 3.14. The topological polar surface area (TPSA) is 29.1 Å². The third-order valence-electron chi connectivity index (χ3n) is 2.05. The molecular formula is C11H13F2NO. The molecule has 0 radical (unpaired) electrons. The van der Waals surface area contributed by atoms with Gasteiger partial charge in [-0.3, -0.25) is 4.79 Å². The van der Waals surface area contributed by atoms with Gasteiger partial charge in [-0.1, -0.05) is 0 Å². The Morgan fingerprint density at radius 1 is 1.40 bits per heavy atom. The summed E-state index contributed by atoms with van der Waals surface area (Å²) in [4.78, 5) is 11.3. The zero-order valence-electron chi connectivity index (χ0n) is 8.52. The minimum atomic E-state index is -0.533. The number of ketones is 1. The summed E-state index contributed by atoms with van der Waals surface area (Å²) in [6.45, 7) is 0.551. The van der Waals surface area contributed by atoms with Crippen LogP contribution in [0.5, 0.6) is 0 Å². The van der Waals surface area contributed by atoms with Crippen molar-refractivity contribution in [1.82, 2.24) is 5.32 Å². The molecule has 0 aromatic heterocycles. The number of halogens is 2. The molecule has 0 aliphatic rings. The van der Waals surface area contributed by atoms with E-state index in [4.69, 9.17) is 0 Å². The van der Waals surface area contributed by atoms with Crippen LogP contribution in [0, 0.1) is 11.6 Å². The van der Waals surface area contributed by atoms with Crippen molar-refractivity contribution in [3.63, 3.8) is 0 Å². The molecule has 2 nitrogen and oxygen atoms in total. The molecule has 0 unspecified atom stereocenters. The van der Waals surface area contributed by atoms with Crippen molar-refractivity contribution in [1.29, 1.82) is 0 Å². The molecule has 1 aromatic carbocycles. The van der Waals surface area contributed by atoms with Crippen LogP contribution in [0.25, 0.3) is 0 Å². The van der Waals surface area contributed by atoms with Gasteiger partial charge in [-0.05, 0) is 30.8 Å². The number of rotatable bonds is 5. The Labute approximate surface area is 87.3 Å². The third kappa shape index (κ3) is 3.75. The van der Waals surface area contributed by atoms with E-state index < -0.39 is 11.6 Å². The lowest BCUT2D eigenvalue weighted by Crippen LogP contribution is -2.14. The Kier molecular flexibility index (Phi) is 4.37. The molecule has 1 N–H and O–H groups in total. The Morgan fingerprint density at radius 3 is 2.80 bits per heavy atom. The minimum Gasteiger partial charge on any atom is -0.319 e. The molecule has 0 aliphatic carbocycles. The maximum atomic E-state index is 13.1. The van der Waals surface area contributed by atoms with Crippen molar-refractivity contribution in [2.45, 2.75) is 12.8 Å². The fourth-order valence-electron chi connectivity index (χ4n) is 1.24. The number of hydrogen-bond donors (Lipinski definition) is 1. The van der Waals surface area contributed by atoms with E-state index in [1.807, 2.05) is 0 Å². The van der Waals surface area contributed by atoms with Crippen molar-refractivity contribution < 1.29 is 13.6 Å². The van der Waals surface area contributed by atoms with Crippen LogP contribution >= 0.6 is 0 Å². The molecule has 1 aromatic rings. The second-order valence-corrected chi connectivity index (χ2v) is 3.30. The van der Waals surface area contributed by atoms with Crippen molar-refractivity contribution >= 4 is 5.78 Å². The predicted molar refractivity (Wildman–Crippen MR) is 53.6 cm³/mol. The summed E-state index contributed by atoms with van der Waals surface area (Å²) in [6.07, 6.45) is 0.276. The van der Waals surface area contributed by atoms with Gasteiger partial charge in [0.05, 0.1) is 0 Å². The molecule has 0 saturated heterocycles. The van der Waals surface area contributed by atoms with E-state index >= 15 is 0 Å². The van der Waals surface area contributed by atoms with E-state index in [1.165, 1.54) is 0 Å². The molecule has 82 valence electrons. The Bertz CT molecular complexity index is 352. The van der Waals surface area contributed by atoms with E-state index in [0.717, 1.165) is 18.2 Å². The van der Waals surface area contributed by atoms with Crippen LogP contribution in [0.2, 0.25) is 0 Å². The number of carbonyl (C=O) groups excluding carboxylic acids is 1. The predicted octanol–water partition coefficient (Wildman–Crippen LogP) is 1.69. The highest BCUT2D eigenvalue weighted by molar-refractivity contribution is 5.81. The molecule has 0 amide bonds. The van der Waals surface area contributed by atoms with Gasteiger partial charge in [0.1, 0.15) is 17.4 Å². The molecular weight excluding hydrogens is 200 g/mol. The van der Waals surface area contributed by atoms with E-state index in [9.17, 15) is 13.6 Å². The fraction of sp³-hybridized carbons (Fsp3) is 0.364. The molecule has 1 rings (SSSR count). The molecule has 0 atom stereocenters. The lowest BCUT2D eigenvalue weighted by molar-refractivity contribution is -0.118. The van der Waals surface area contributed by atoms with Crippen LogP contribution in [0.15, 0.2) is 18.2 Å². The summed E-state index contributed by atoms with van der Waals surface area (Å²) >= 11 is 0. The van der Waals surface area contributed by atoms with Crippen LogP contribution in [-0.4, -0.2) is 19.4 Å². The zero-order chi connectivity index (χ0) is 11.3. The lowest BCUT2D eigenvalue weighted by atomic mass is 10.1. The van der Waals surface area contributed by atoms with Gasteiger partial charge in [-0.25, -0.2) is 8.78 Å². The monoisotopic (exact) mass is 213 g/mol. The lowest BCUT2D eigenvalue weighted by Gasteiger charge is -2.02. The highest BCUT2D eigenvalue weighted by Crippen LogP contribution is 2.11. The van der Waals surface area contributed by atoms with Crippen LogP contribution in [-0.2, 0) is 11.2 Å². The van der Waals surface area contributed by atoms with Gasteiger partial charge in [0.2, 0.25) is 0 Å². The zero-order valence-corrected chi connectivity index (χ0v) is 8.52. The minimum absolute atomic E-state index is 0.0503. The first-order chi connectivity index (χ1) is 7.13. The van der Waals surface area contributed by atoms with Gasteiger partial charge >= 0.3 is 0 Å². The maximum Gasteiger partial charge on any atom is 0.138 e. The molecule has 0 bridgehead atoms. The van der Waals surface area contributed by atoms with E-state index in [1.54, 1.807) is 7.05 Å². The van der Waals surface area contributed by atoms with Gasteiger partial charge < -0.3 is 5.32 Å². The second kappa shape index (κ2) is 5.56. The summed E-state index contributed by atoms with van der Waals surface area (Å²) in [5.41, 5.74) is 0.121. The molecule has 4 heteroatoms. The van der Waals surface area contributed by atoms with Gasteiger partial charge in [-0.2, -0.15) is 0 Å². The average Bonchev–Trinajstić information content (AvgIpc) is 2.20. The van der Waals surface area contributed by atoms with E-state index in [2.05, 4.69) is 5.32 Å². The molecule has 0 heterocycles. The number of carbonyl (C=O) groups is 1. The summed E-state index contributed by atoms with van der Waals surface area (Å²) in [7, 11) is 1.73. The van der Waals surface area contributed by atoms with Gasteiger partial charge in [-0.15, -0.1) is 0 Å². The molecule has 15 heavy (non-hydrogen) atoms. The Balaban J connectivity index is 2.63. The maximum absolute atomic E-state index is 13.1. The molecule has 0 aliphatic heterocycles. The summed E-state index contributed by atoms with van der Waals surface area (Å²) < 4.78 is 25.9. The average molecular weight is 213 g/mol. The van der Waals surface area contributed by atoms with Crippen LogP contribution in [0.1, 0.15) is 12.0 Å². The molecule has 0 fully saturated rings. The number of Topliss-reactive ketones (excluding diaryl/α,β-unsaturated/α-hetero) is 1. The van der Waals surface area contributed by atoms with Gasteiger partial charge in [0.25, 0.3) is 0 Å². The van der Waals surface area contributed by atoms with Gasteiger partial charge in [0, 0.05) is 19.4 Å². The first-order valence-electron chi connectivity index (χ1n) is 4.73. The van der Waals surface area contributed by atoms with Crippen LogP contribution < -0.4 is 5.32 Å². The third-order valence-corrected chi connectivity index (χ3v) is 2.05. The first-order valence-corrected chi connectivity index (χ1v) is 4.73. The normalized spacial score (nSPS) is 10.3. The Morgan fingerprint density at radius 2 is 2.13 bits per heavy atom. The van der Waals surface area contributed by atoms with Crippen molar-refractivity contribution in [3.8, 4) is 0 Å². The van der Waals surface area contributed by atoms with Crippen LogP contribution in [0.4, 0.5) is 8.78 Å². The van der Waals surface area contributed by atoms with Crippen LogP contribution in [0.3, 0.4) is 0 Å². The quantitative estimate of drug-likeness (QED) is 0.806. The first kappa shape index (κ1) is 11.8. The molecule has 0 spiro atoms. The van der Waals surface area contributed by atoms with Gasteiger partial charge in [0.15, 0.2) is 0 Å².